The van der Waals surface area contributed by atoms with E-state index in [2.05, 4.69) is 16.0 Å². The molecule has 0 bridgehead atoms. The standard InChI is InChI=1S/C24H27N3O5S/c1-4-15-25-33(30,31)19-13-11-17(12-14-19)24(29)27-16-22(23(28)26-18(5-2)6-3)32-21-10-8-7-9-20(21)27/h1,7-14,18,22,25H,5-6,15-16H2,2-3H3,(H,26,28). The summed E-state index contributed by atoms with van der Waals surface area (Å²) in [5.74, 6) is 1.99. The van der Waals surface area contributed by atoms with Crippen LogP contribution in [0.3, 0.4) is 0 Å². The topological polar surface area (TPSA) is 105 Å². The van der Waals surface area contributed by atoms with Crippen molar-refractivity contribution in [2.75, 3.05) is 18.0 Å². The van der Waals surface area contributed by atoms with Crippen LogP contribution in [-0.4, -0.2) is 45.5 Å². The minimum absolute atomic E-state index is 0.000829. The van der Waals surface area contributed by atoms with Gasteiger partial charge in [-0.15, -0.1) is 6.42 Å². The maximum absolute atomic E-state index is 13.3. The highest BCUT2D eigenvalue weighted by Gasteiger charge is 2.34. The van der Waals surface area contributed by atoms with Crippen LogP contribution < -0.4 is 19.7 Å². The summed E-state index contributed by atoms with van der Waals surface area (Å²) in [4.78, 5) is 27.6. The number of nitrogens with zero attached hydrogens (tertiary/aromatic N) is 1. The van der Waals surface area contributed by atoms with Gasteiger partial charge in [-0.1, -0.05) is 31.9 Å². The number of hydrogen-bond donors (Lipinski definition) is 2. The summed E-state index contributed by atoms with van der Waals surface area (Å²) in [5.41, 5.74) is 0.822. The van der Waals surface area contributed by atoms with Crippen molar-refractivity contribution in [2.45, 2.75) is 43.7 Å². The number of rotatable bonds is 8. The molecule has 0 aromatic heterocycles. The lowest BCUT2D eigenvalue weighted by atomic mass is 10.1. The van der Waals surface area contributed by atoms with Crippen LogP contribution in [0.5, 0.6) is 5.75 Å². The molecule has 1 aliphatic rings. The van der Waals surface area contributed by atoms with E-state index in [1.807, 2.05) is 13.8 Å². The number of carbonyl (C=O) groups excluding carboxylic acids is 2. The van der Waals surface area contributed by atoms with E-state index in [1.165, 1.54) is 29.2 Å². The molecule has 3 rings (SSSR count). The number of benzene rings is 2. The van der Waals surface area contributed by atoms with Gasteiger partial charge in [-0.2, -0.15) is 4.72 Å². The Morgan fingerprint density at radius 2 is 1.82 bits per heavy atom. The van der Waals surface area contributed by atoms with Crippen molar-refractivity contribution >= 4 is 27.5 Å². The normalized spacial score (nSPS) is 15.3. The molecule has 0 saturated carbocycles. The van der Waals surface area contributed by atoms with Crippen molar-refractivity contribution in [3.05, 3.63) is 54.1 Å². The third-order valence-corrected chi connectivity index (χ3v) is 6.84. The molecule has 1 unspecified atom stereocenters. The Labute approximate surface area is 194 Å². The number of fused-ring (bicyclic) bond motifs is 1. The minimum atomic E-state index is -3.77. The highest BCUT2D eigenvalue weighted by molar-refractivity contribution is 7.89. The summed E-state index contributed by atoms with van der Waals surface area (Å²) >= 11 is 0. The van der Waals surface area contributed by atoms with E-state index in [0.29, 0.717) is 11.4 Å². The molecule has 0 saturated heterocycles. The SMILES string of the molecule is C#CCNS(=O)(=O)c1ccc(C(=O)N2CC(C(=O)NC(CC)CC)Oc3ccccc32)cc1. The number of anilines is 1. The zero-order valence-electron chi connectivity index (χ0n) is 18.6. The zero-order valence-corrected chi connectivity index (χ0v) is 19.4. The summed E-state index contributed by atoms with van der Waals surface area (Å²) in [7, 11) is -3.77. The zero-order chi connectivity index (χ0) is 24.0. The average molecular weight is 470 g/mol. The molecule has 2 aromatic rings. The van der Waals surface area contributed by atoms with Gasteiger partial charge in [0.05, 0.1) is 23.7 Å². The second-order valence-electron chi connectivity index (χ2n) is 7.57. The Hall–Kier alpha value is -3.35. The lowest BCUT2D eigenvalue weighted by molar-refractivity contribution is -0.128. The van der Waals surface area contributed by atoms with E-state index in [0.717, 1.165) is 12.8 Å². The molecule has 8 nitrogen and oxygen atoms in total. The molecule has 33 heavy (non-hydrogen) atoms. The first kappa shape index (κ1) is 24.3. The fraction of sp³-hybridized carbons (Fsp3) is 0.333. The van der Waals surface area contributed by atoms with Gasteiger partial charge in [-0.05, 0) is 49.2 Å². The van der Waals surface area contributed by atoms with E-state index in [1.54, 1.807) is 24.3 Å². The van der Waals surface area contributed by atoms with Gasteiger partial charge in [0.15, 0.2) is 6.10 Å². The third-order valence-electron chi connectivity index (χ3n) is 5.42. The van der Waals surface area contributed by atoms with Crippen molar-refractivity contribution in [2.24, 2.45) is 0 Å². The molecule has 0 spiro atoms. The molecule has 2 aromatic carbocycles. The van der Waals surface area contributed by atoms with Crippen LogP contribution in [-0.2, 0) is 14.8 Å². The van der Waals surface area contributed by atoms with Crippen LogP contribution in [0.4, 0.5) is 5.69 Å². The van der Waals surface area contributed by atoms with Crippen LogP contribution in [0.1, 0.15) is 37.0 Å². The average Bonchev–Trinajstić information content (AvgIpc) is 2.84. The van der Waals surface area contributed by atoms with Crippen LogP contribution in [0.25, 0.3) is 0 Å². The van der Waals surface area contributed by atoms with E-state index in [4.69, 9.17) is 11.2 Å². The summed E-state index contributed by atoms with van der Waals surface area (Å²) in [6.07, 6.45) is 5.83. The predicted molar refractivity (Wildman–Crippen MR) is 126 cm³/mol. The maximum atomic E-state index is 13.3. The molecular weight excluding hydrogens is 442 g/mol. The van der Waals surface area contributed by atoms with E-state index < -0.39 is 16.1 Å². The highest BCUT2D eigenvalue weighted by Crippen LogP contribution is 2.34. The van der Waals surface area contributed by atoms with Crippen molar-refractivity contribution in [3.63, 3.8) is 0 Å². The Morgan fingerprint density at radius 1 is 1.15 bits per heavy atom. The summed E-state index contributed by atoms with van der Waals surface area (Å²) < 4.78 is 32.6. The molecule has 1 heterocycles. The van der Waals surface area contributed by atoms with Crippen LogP contribution in [0.2, 0.25) is 0 Å². The second-order valence-corrected chi connectivity index (χ2v) is 9.33. The molecule has 174 valence electrons. The molecule has 1 atom stereocenters. The fourth-order valence-electron chi connectivity index (χ4n) is 3.50. The fourth-order valence-corrected chi connectivity index (χ4v) is 4.44. The Morgan fingerprint density at radius 3 is 2.45 bits per heavy atom. The third kappa shape index (κ3) is 5.53. The van der Waals surface area contributed by atoms with Gasteiger partial charge in [-0.25, -0.2) is 8.42 Å². The number of terminal acetylenes is 1. The molecule has 9 heteroatoms. The van der Waals surface area contributed by atoms with Gasteiger partial charge in [0.25, 0.3) is 11.8 Å². The first-order valence-electron chi connectivity index (χ1n) is 10.7. The summed E-state index contributed by atoms with van der Waals surface area (Å²) in [5, 5.41) is 2.97. The smallest absolute Gasteiger partial charge is 0.263 e. The van der Waals surface area contributed by atoms with Crippen LogP contribution >= 0.6 is 0 Å². The van der Waals surface area contributed by atoms with Gasteiger partial charge >= 0.3 is 0 Å². The molecular formula is C24H27N3O5S. The molecule has 0 fully saturated rings. The van der Waals surface area contributed by atoms with Crippen molar-refractivity contribution in [3.8, 4) is 18.1 Å². The lowest BCUT2D eigenvalue weighted by Gasteiger charge is -2.34. The quantitative estimate of drug-likeness (QED) is 0.578. The van der Waals surface area contributed by atoms with Gasteiger partial charge in [0.1, 0.15) is 5.75 Å². The summed E-state index contributed by atoms with van der Waals surface area (Å²) in [6, 6.07) is 12.6. The number of amides is 2. The number of carbonyl (C=O) groups is 2. The van der Waals surface area contributed by atoms with Crippen LogP contribution in [0.15, 0.2) is 53.4 Å². The largest absolute Gasteiger partial charge is 0.477 e. The van der Waals surface area contributed by atoms with Gasteiger partial charge in [0.2, 0.25) is 10.0 Å². The number of hydrogen-bond acceptors (Lipinski definition) is 5. The predicted octanol–water partition coefficient (Wildman–Crippen LogP) is 2.31. The van der Waals surface area contributed by atoms with E-state index in [-0.39, 0.29) is 41.4 Å². The van der Waals surface area contributed by atoms with Crippen molar-refractivity contribution in [1.82, 2.24) is 10.0 Å². The first-order chi connectivity index (χ1) is 15.8. The van der Waals surface area contributed by atoms with Crippen molar-refractivity contribution in [1.29, 1.82) is 0 Å². The number of ether oxygens (including phenoxy) is 1. The number of nitrogens with one attached hydrogen (secondary N) is 2. The second kappa shape index (κ2) is 10.5. The molecule has 0 aliphatic carbocycles. The number of sulfonamides is 1. The maximum Gasteiger partial charge on any atom is 0.263 e. The molecule has 2 N–H and O–H groups in total. The molecule has 1 aliphatic heterocycles. The number of para-hydroxylation sites is 2. The van der Waals surface area contributed by atoms with Crippen molar-refractivity contribution < 1.29 is 22.7 Å². The van der Waals surface area contributed by atoms with Gasteiger partial charge < -0.3 is 15.0 Å². The monoisotopic (exact) mass is 469 g/mol. The highest BCUT2D eigenvalue weighted by atomic mass is 32.2. The minimum Gasteiger partial charge on any atom is -0.477 e. The Balaban J connectivity index is 1.85. The van der Waals surface area contributed by atoms with E-state index >= 15 is 0 Å². The van der Waals surface area contributed by atoms with Crippen LogP contribution in [0, 0.1) is 12.3 Å². The first-order valence-corrected chi connectivity index (χ1v) is 12.2. The Kier molecular flexibility index (Phi) is 7.74. The van der Waals surface area contributed by atoms with E-state index in [9.17, 15) is 18.0 Å². The lowest BCUT2D eigenvalue weighted by Crippen LogP contribution is -2.52. The molecule has 0 radical (unpaired) electrons. The summed E-state index contributed by atoms with van der Waals surface area (Å²) in [6.45, 7) is 3.89. The van der Waals surface area contributed by atoms with Gasteiger partial charge in [0, 0.05) is 11.6 Å². The van der Waals surface area contributed by atoms with Gasteiger partial charge in [-0.3, -0.25) is 9.59 Å². The Bertz CT molecular complexity index is 1150. The molecule has 2 amide bonds.